The van der Waals surface area contributed by atoms with E-state index in [0.29, 0.717) is 22.4 Å². The fourth-order valence-corrected chi connectivity index (χ4v) is 1.84. The maximum Gasteiger partial charge on any atom is 0.131 e. The van der Waals surface area contributed by atoms with Gasteiger partial charge in [0.05, 0.1) is 7.11 Å². The van der Waals surface area contributed by atoms with Gasteiger partial charge >= 0.3 is 0 Å². The van der Waals surface area contributed by atoms with Crippen molar-refractivity contribution in [2.24, 2.45) is 0 Å². The first kappa shape index (κ1) is 12.2. The fourth-order valence-electron chi connectivity index (χ4n) is 1.84. The number of methoxy groups -OCH3 is 1. The monoisotopic (exact) mass is 240 g/mol. The van der Waals surface area contributed by atoms with Crippen molar-refractivity contribution in [3.05, 3.63) is 53.3 Å². The Labute approximate surface area is 106 Å². The molecule has 0 fully saturated rings. The highest BCUT2D eigenvalue weighted by Crippen LogP contribution is 2.30. The lowest BCUT2D eigenvalue weighted by Crippen LogP contribution is -1.91. The SMILES string of the molecule is C#Cc1ccc(C)cc1-c1cc(OC)ccc1F. The van der Waals surface area contributed by atoms with Gasteiger partial charge in [0.2, 0.25) is 0 Å². The molecule has 0 radical (unpaired) electrons. The molecule has 0 atom stereocenters. The third kappa shape index (κ3) is 2.21. The van der Waals surface area contributed by atoms with E-state index in [9.17, 15) is 4.39 Å². The summed E-state index contributed by atoms with van der Waals surface area (Å²) in [6.07, 6.45) is 5.45. The number of hydrogen-bond acceptors (Lipinski definition) is 1. The standard InChI is InChI=1S/C16H13FO/c1-4-12-6-5-11(2)9-14(12)15-10-13(18-3)7-8-16(15)17/h1,5-10H,2-3H3. The summed E-state index contributed by atoms with van der Waals surface area (Å²) in [4.78, 5) is 0. The van der Waals surface area contributed by atoms with Crippen LogP contribution >= 0.6 is 0 Å². The number of aryl methyl sites for hydroxylation is 1. The lowest BCUT2D eigenvalue weighted by atomic mass is 9.97. The molecule has 0 N–H and O–H groups in total. The third-order valence-electron chi connectivity index (χ3n) is 2.79. The third-order valence-corrected chi connectivity index (χ3v) is 2.79. The van der Waals surface area contributed by atoms with Gasteiger partial charge in [-0.25, -0.2) is 4.39 Å². The summed E-state index contributed by atoms with van der Waals surface area (Å²) in [6, 6.07) is 10.2. The Morgan fingerprint density at radius 2 is 1.89 bits per heavy atom. The maximum atomic E-state index is 13.9. The lowest BCUT2D eigenvalue weighted by molar-refractivity contribution is 0.414. The van der Waals surface area contributed by atoms with Crippen LogP contribution in [0.4, 0.5) is 4.39 Å². The molecule has 0 amide bonds. The van der Waals surface area contributed by atoms with Gasteiger partial charge in [0.15, 0.2) is 0 Å². The lowest BCUT2D eigenvalue weighted by Gasteiger charge is -2.09. The van der Waals surface area contributed by atoms with Gasteiger partial charge in [-0.15, -0.1) is 6.42 Å². The average Bonchev–Trinajstić information content (AvgIpc) is 2.39. The van der Waals surface area contributed by atoms with Crippen molar-refractivity contribution in [2.75, 3.05) is 7.11 Å². The minimum Gasteiger partial charge on any atom is -0.497 e. The number of rotatable bonds is 2. The smallest absolute Gasteiger partial charge is 0.131 e. The van der Waals surface area contributed by atoms with E-state index in [1.54, 1.807) is 19.2 Å². The highest BCUT2D eigenvalue weighted by atomic mass is 19.1. The van der Waals surface area contributed by atoms with Crippen LogP contribution in [0.5, 0.6) is 5.75 Å². The zero-order valence-electron chi connectivity index (χ0n) is 10.3. The van der Waals surface area contributed by atoms with Crippen LogP contribution in [0.3, 0.4) is 0 Å². The molecule has 90 valence electrons. The van der Waals surface area contributed by atoms with E-state index in [0.717, 1.165) is 5.56 Å². The van der Waals surface area contributed by atoms with Crippen molar-refractivity contribution >= 4 is 0 Å². The molecule has 2 aromatic carbocycles. The Hall–Kier alpha value is -2.27. The number of ether oxygens (including phenoxy) is 1. The van der Waals surface area contributed by atoms with E-state index in [2.05, 4.69) is 5.92 Å². The molecule has 0 aliphatic carbocycles. The topological polar surface area (TPSA) is 9.23 Å². The molecule has 0 aromatic heterocycles. The highest BCUT2D eigenvalue weighted by molar-refractivity contribution is 5.73. The van der Waals surface area contributed by atoms with E-state index >= 15 is 0 Å². The predicted molar refractivity (Wildman–Crippen MR) is 71.1 cm³/mol. The van der Waals surface area contributed by atoms with Gasteiger partial charge in [-0.1, -0.05) is 23.6 Å². The average molecular weight is 240 g/mol. The summed E-state index contributed by atoms with van der Waals surface area (Å²) in [6.45, 7) is 1.95. The molecule has 0 aliphatic heterocycles. The minimum absolute atomic E-state index is 0.307. The summed E-state index contributed by atoms with van der Waals surface area (Å²) in [5.74, 6) is 2.88. The first-order valence-corrected chi connectivity index (χ1v) is 5.57. The normalized spacial score (nSPS) is 9.89. The summed E-state index contributed by atoms with van der Waals surface area (Å²) in [5, 5.41) is 0. The zero-order valence-corrected chi connectivity index (χ0v) is 10.3. The van der Waals surface area contributed by atoms with Gasteiger partial charge in [0.1, 0.15) is 11.6 Å². The van der Waals surface area contributed by atoms with Crippen LogP contribution < -0.4 is 4.74 Å². The number of halogens is 1. The molecule has 2 heteroatoms. The van der Waals surface area contributed by atoms with Crippen molar-refractivity contribution in [3.8, 4) is 29.2 Å². The second kappa shape index (κ2) is 4.93. The van der Waals surface area contributed by atoms with Crippen molar-refractivity contribution in [3.63, 3.8) is 0 Å². The van der Waals surface area contributed by atoms with Gasteiger partial charge in [-0.3, -0.25) is 0 Å². The Kier molecular flexibility index (Phi) is 3.34. The van der Waals surface area contributed by atoms with Crippen molar-refractivity contribution in [1.29, 1.82) is 0 Å². The summed E-state index contributed by atoms with van der Waals surface area (Å²) in [5.41, 5.74) is 2.89. The van der Waals surface area contributed by atoms with Gasteiger partial charge < -0.3 is 4.74 Å². The highest BCUT2D eigenvalue weighted by Gasteiger charge is 2.10. The van der Waals surface area contributed by atoms with E-state index in [-0.39, 0.29) is 5.82 Å². The summed E-state index contributed by atoms with van der Waals surface area (Å²) in [7, 11) is 1.55. The molecule has 0 spiro atoms. The Balaban J connectivity index is 2.68. The van der Waals surface area contributed by atoms with Gasteiger partial charge in [-0.05, 0) is 31.2 Å². The second-order valence-electron chi connectivity index (χ2n) is 4.04. The molecule has 0 bridgehead atoms. The molecule has 0 heterocycles. The van der Waals surface area contributed by atoms with E-state index in [4.69, 9.17) is 11.2 Å². The van der Waals surface area contributed by atoms with Crippen molar-refractivity contribution in [2.45, 2.75) is 6.92 Å². The summed E-state index contributed by atoms with van der Waals surface area (Å²) < 4.78 is 19.0. The number of hydrogen-bond donors (Lipinski definition) is 0. The van der Waals surface area contributed by atoms with Crippen molar-refractivity contribution in [1.82, 2.24) is 0 Å². The molecule has 0 unspecified atom stereocenters. The van der Waals surface area contributed by atoms with Crippen molar-refractivity contribution < 1.29 is 9.13 Å². The second-order valence-corrected chi connectivity index (χ2v) is 4.04. The van der Waals surface area contributed by atoms with Crippen LogP contribution in [0.2, 0.25) is 0 Å². The van der Waals surface area contributed by atoms with E-state index in [1.165, 1.54) is 6.07 Å². The molecule has 0 saturated heterocycles. The first-order valence-electron chi connectivity index (χ1n) is 5.57. The Bertz CT molecular complexity index is 623. The zero-order chi connectivity index (χ0) is 13.1. The van der Waals surface area contributed by atoms with Gasteiger partial charge in [-0.2, -0.15) is 0 Å². The Morgan fingerprint density at radius 3 is 2.56 bits per heavy atom. The molecular formula is C16H13FO. The largest absolute Gasteiger partial charge is 0.497 e. The van der Waals surface area contributed by atoms with E-state index in [1.807, 2.05) is 25.1 Å². The number of terminal acetylenes is 1. The first-order chi connectivity index (χ1) is 8.65. The predicted octanol–water partition coefficient (Wildman–Crippen LogP) is 3.79. The quantitative estimate of drug-likeness (QED) is 0.726. The fraction of sp³-hybridized carbons (Fsp3) is 0.125. The van der Waals surface area contributed by atoms with Crippen LogP contribution in [0.25, 0.3) is 11.1 Å². The minimum atomic E-state index is -0.307. The summed E-state index contributed by atoms with van der Waals surface area (Å²) >= 11 is 0. The van der Waals surface area contributed by atoms with Crippen LogP contribution in [0.1, 0.15) is 11.1 Å². The van der Waals surface area contributed by atoms with Crippen LogP contribution in [-0.2, 0) is 0 Å². The molecule has 0 aliphatic rings. The van der Waals surface area contributed by atoms with Crippen LogP contribution in [0, 0.1) is 25.1 Å². The number of benzene rings is 2. The van der Waals surface area contributed by atoms with Gasteiger partial charge in [0, 0.05) is 16.7 Å². The molecule has 1 nitrogen and oxygen atoms in total. The molecule has 18 heavy (non-hydrogen) atoms. The molecule has 2 aromatic rings. The van der Waals surface area contributed by atoms with E-state index < -0.39 is 0 Å². The molecule has 0 saturated carbocycles. The van der Waals surface area contributed by atoms with Crippen LogP contribution in [-0.4, -0.2) is 7.11 Å². The Morgan fingerprint density at radius 1 is 1.11 bits per heavy atom. The molecular weight excluding hydrogens is 227 g/mol. The van der Waals surface area contributed by atoms with Gasteiger partial charge in [0.25, 0.3) is 0 Å². The van der Waals surface area contributed by atoms with Crippen LogP contribution in [0.15, 0.2) is 36.4 Å². The maximum absolute atomic E-state index is 13.9. The molecule has 2 rings (SSSR count).